The number of aliphatic carboxylic acids is 1. The van der Waals surface area contributed by atoms with E-state index in [1.54, 1.807) is 12.3 Å². The van der Waals surface area contributed by atoms with Gasteiger partial charge in [0.05, 0.1) is 29.7 Å². The number of anilines is 1. The van der Waals surface area contributed by atoms with E-state index in [0.717, 1.165) is 13.0 Å². The van der Waals surface area contributed by atoms with Gasteiger partial charge in [0.15, 0.2) is 5.13 Å². The number of aromatic nitrogens is 1. The number of carboxylic acids is 1. The van der Waals surface area contributed by atoms with Crippen LogP contribution in [0.15, 0.2) is 16.0 Å². The summed E-state index contributed by atoms with van der Waals surface area (Å²) in [5, 5.41) is 24.2. The number of aliphatic hydroxyl groups excluding tert-OH is 1. The van der Waals surface area contributed by atoms with Crippen molar-refractivity contribution in [2.75, 3.05) is 18.0 Å². The lowest BCUT2D eigenvalue weighted by Gasteiger charge is -2.47. The molecule has 29 heavy (non-hydrogen) atoms. The van der Waals surface area contributed by atoms with Crippen LogP contribution in [0.2, 0.25) is 0 Å². The molecular formula is C18H21N4O5S2-. The second-order valence-electron chi connectivity index (χ2n) is 7.61. The van der Waals surface area contributed by atoms with Crippen LogP contribution in [0.3, 0.4) is 0 Å². The van der Waals surface area contributed by atoms with Crippen LogP contribution in [0.4, 0.5) is 5.13 Å². The molecule has 0 aromatic carbocycles. The van der Waals surface area contributed by atoms with Crippen molar-refractivity contribution in [1.82, 2.24) is 9.88 Å². The molecule has 9 nitrogen and oxygen atoms in total. The predicted molar refractivity (Wildman–Crippen MR) is 106 cm³/mol. The summed E-state index contributed by atoms with van der Waals surface area (Å²) in [7, 11) is 0. The molecule has 2 saturated heterocycles. The summed E-state index contributed by atoms with van der Waals surface area (Å²) in [4.78, 5) is 43.7. The number of thioether (sulfide) groups is 1. The number of hydrogen-bond acceptors (Lipinski definition) is 9. The van der Waals surface area contributed by atoms with Crippen molar-refractivity contribution >= 4 is 46.0 Å². The Hall–Kier alpha value is -2.11. The summed E-state index contributed by atoms with van der Waals surface area (Å²) in [6, 6.07) is -0.340. The molecule has 1 aromatic rings. The number of carboxylic acid groups (broad SMARTS) is 1. The topological polar surface area (TPSA) is 140 Å². The van der Waals surface area contributed by atoms with Crippen LogP contribution in [0.25, 0.3) is 0 Å². The van der Waals surface area contributed by atoms with E-state index in [-0.39, 0.29) is 34.5 Å². The molecule has 3 aliphatic rings. The van der Waals surface area contributed by atoms with Crippen LogP contribution < -0.4 is 15.7 Å². The minimum absolute atomic E-state index is 0.0573. The first kappa shape index (κ1) is 20.2. The van der Waals surface area contributed by atoms with Crippen LogP contribution in [0.5, 0.6) is 0 Å². The second-order valence-corrected chi connectivity index (χ2v) is 9.79. The van der Waals surface area contributed by atoms with E-state index in [2.05, 4.69) is 4.98 Å². The summed E-state index contributed by atoms with van der Waals surface area (Å²) in [6.45, 7) is 4.82. The van der Waals surface area contributed by atoms with Gasteiger partial charge in [-0.05, 0) is 13.3 Å². The minimum atomic E-state index is -1.36. The number of amides is 2. The van der Waals surface area contributed by atoms with Crippen molar-refractivity contribution in [2.24, 2.45) is 17.6 Å². The Morgan fingerprint density at radius 3 is 2.79 bits per heavy atom. The Kier molecular flexibility index (Phi) is 5.07. The van der Waals surface area contributed by atoms with Gasteiger partial charge in [0.2, 0.25) is 5.91 Å². The van der Waals surface area contributed by atoms with Crippen molar-refractivity contribution in [2.45, 2.75) is 37.7 Å². The number of primary amides is 1. The molecule has 5 atom stereocenters. The zero-order valence-corrected chi connectivity index (χ0v) is 17.5. The molecule has 3 aliphatic heterocycles. The maximum atomic E-state index is 12.4. The molecule has 2 fully saturated rings. The lowest BCUT2D eigenvalue weighted by Crippen LogP contribution is -2.64. The third kappa shape index (κ3) is 3.21. The Labute approximate surface area is 175 Å². The lowest BCUT2D eigenvalue weighted by atomic mass is 9.79. The number of aliphatic hydroxyl groups is 1. The Balaban J connectivity index is 1.51. The zero-order chi connectivity index (χ0) is 21.0. The van der Waals surface area contributed by atoms with Gasteiger partial charge in [0.1, 0.15) is 5.69 Å². The van der Waals surface area contributed by atoms with Gasteiger partial charge in [-0.15, -0.1) is 23.1 Å². The number of nitrogens with zero attached hydrogens (tertiary/aromatic N) is 3. The first-order valence-electron chi connectivity index (χ1n) is 9.34. The van der Waals surface area contributed by atoms with Crippen LogP contribution in [-0.2, 0) is 9.59 Å². The third-order valence-corrected chi connectivity index (χ3v) is 8.19. The molecule has 0 unspecified atom stereocenters. The number of hydrogen-bond donors (Lipinski definition) is 2. The van der Waals surface area contributed by atoms with Crippen molar-refractivity contribution in [3.63, 3.8) is 0 Å². The van der Waals surface area contributed by atoms with Crippen molar-refractivity contribution < 1.29 is 24.6 Å². The van der Waals surface area contributed by atoms with Crippen molar-refractivity contribution in [3.8, 4) is 0 Å². The monoisotopic (exact) mass is 437 g/mol. The summed E-state index contributed by atoms with van der Waals surface area (Å²) < 4.78 is 0. The number of nitrogens with two attached hydrogens (primary N) is 1. The van der Waals surface area contributed by atoms with E-state index < -0.39 is 23.9 Å². The fraction of sp³-hybridized carbons (Fsp3) is 0.556. The average Bonchev–Trinajstić information content (AvgIpc) is 3.33. The van der Waals surface area contributed by atoms with Gasteiger partial charge < -0.3 is 30.5 Å². The highest BCUT2D eigenvalue weighted by Crippen LogP contribution is 2.51. The van der Waals surface area contributed by atoms with Gasteiger partial charge in [-0.25, -0.2) is 4.98 Å². The summed E-state index contributed by atoms with van der Waals surface area (Å²) in [6.07, 6.45) is -0.0182. The second kappa shape index (κ2) is 7.29. The highest BCUT2D eigenvalue weighted by molar-refractivity contribution is 8.03. The van der Waals surface area contributed by atoms with E-state index in [1.165, 1.54) is 28.0 Å². The van der Waals surface area contributed by atoms with Gasteiger partial charge in [-0.1, -0.05) is 6.92 Å². The molecule has 2 amide bonds. The molecule has 11 heteroatoms. The number of β-lactam (4-membered cyclic amide) rings is 1. The zero-order valence-electron chi connectivity index (χ0n) is 15.9. The molecular weight excluding hydrogens is 416 g/mol. The number of thiazole rings is 1. The molecule has 4 rings (SSSR count). The number of carbonyl (C=O) groups is 3. The molecule has 0 bridgehead atoms. The summed E-state index contributed by atoms with van der Waals surface area (Å²) in [5.74, 6) is -3.05. The van der Waals surface area contributed by atoms with Crippen LogP contribution in [-0.4, -0.2) is 63.3 Å². The van der Waals surface area contributed by atoms with Crippen LogP contribution >= 0.6 is 23.1 Å². The third-order valence-electron chi connectivity index (χ3n) is 5.76. The molecule has 0 radical (unpaired) electrons. The van der Waals surface area contributed by atoms with Gasteiger partial charge in [0.25, 0.3) is 5.91 Å². The Morgan fingerprint density at radius 1 is 1.48 bits per heavy atom. The van der Waals surface area contributed by atoms with Crippen LogP contribution in [0, 0.1) is 11.8 Å². The highest BCUT2D eigenvalue weighted by atomic mass is 32.2. The fourth-order valence-electron chi connectivity index (χ4n) is 4.37. The van der Waals surface area contributed by atoms with Gasteiger partial charge in [-0.3, -0.25) is 9.59 Å². The van der Waals surface area contributed by atoms with Gasteiger partial charge in [-0.2, -0.15) is 0 Å². The Morgan fingerprint density at radius 2 is 2.21 bits per heavy atom. The molecule has 4 heterocycles. The minimum Gasteiger partial charge on any atom is -0.543 e. The SMILES string of the molecule is C[C@@H](O)[C@H]1C(=O)N2C(C(=O)[O-])=C(S[C@@H]3CCN(c4nc(C(N)=O)cs4)C3)[C@H](C)[C@H]12. The molecule has 1 aromatic heterocycles. The van der Waals surface area contributed by atoms with Crippen LogP contribution in [0.1, 0.15) is 30.8 Å². The fourth-order valence-corrected chi connectivity index (χ4v) is 6.71. The summed E-state index contributed by atoms with van der Waals surface area (Å²) >= 11 is 2.81. The standard InChI is InChI=1S/C18H22N4O5S2/c1-7-12-11(8(2)23)16(25)22(12)13(17(26)27)14(7)29-9-3-4-21(5-9)18-20-10(6-28-18)15(19)24/h6-9,11-12,23H,3-5H2,1-2H3,(H2,19,24)(H,26,27)/p-1/t7-,8-,9-,11-,12-/m1/s1. The Bertz CT molecular complexity index is 914. The molecule has 0 spiro atoms. The van der Waals surface area contributed by atoms with Gasteiger partial charge in [0, 0.05) is 34.5 Å². The van der Waals surface area contributed by atoms with E-state index in [9.17, 15) is 24.6 Å². The number of fused-ring (bicyclic) bond motifs is 1. The smallest absolute Gasteiger partial charge is 0.268 e. The normalized spacial score (nSPS) is 29.8. The molecule has 0 saturated carbocycles. The van der Waals surface area contributed by atoms with Gasteiger partial charge >= 0.3 is 0 Å². The molecule has 3 N–H and O–H groups in total. The molecule has 0 aliphatic carbocycles. The number of rotatable bonds is 6. The number of carbonyl (C=O) groups excluding carboxylic acids is 3. The van der Waals surface area contributed by atoms with E-state index in [1.807, 2.05) is 11.8 Å². The maximum Gasteiger partial charge on any atom is 0.268 e. The largest absolute Gasteiger partial charge is 0.543 e. The predicted octanol–water partition coefficient (Wildman–Crippen LogP) is -0.627. The molecule has 156 valence electrons. The van der Waals surface area contributed by atoms with Crippen molar-refractivity contribution in [3.05, 3.63) is 21.7 Å². The highest BCUT2D eigenvalue weighted by Gasteiger charge is 2.58. The van der Waals surface area contributed by atoms with Crippen molar-refractivity contribution in [1.29, 1.82) is 0 Å². The average molecular weight is 438 g/mol. The maximum absolute atomic E-state index is 12.4. The van der Waals surface area contributed by atoms with E-state index >= 15 is 0 Å². The van der Waals surface area contributed by atoms with E-state index in [4.69, 9.17) is 5.73 Å². The first-order chi connectivity index (χ1) is 13.7. The quantitative estimate of drug-likeness (QED) is 0.561. The summed E-state index contributed by atoms with van der Waals surface area (Å²) in [5.41, 5.74) is 5.44. The van der Waals surface area contributed by atoms with E-state index in [0.29, 0.717) is 16.6 Å². The lowest BCUT2D eigenvalue weighted by molar-refractivity contribution is -0.301. The first-order valence-corrected chi connectivity index (χ1v) is 11.1.